The molecule has 19 heteroatoms. The summed E-state index contributed by atoms with van der Waals surface area (Å²) in [5.74, 6) is -1.25. The Morgan fingerprint density at radius 2 is 1.16 bits per heavy atom. The molecule has 0 unspecified atom stereocenters. The van der Waals surface area contributed by atoms with Crippen LogP contribution < -0.4 is 5.32 Å². The first-order valence-electron chi connectivity index (χ1n) is 14.1. The number of amides is 1. The first kappa shape index (κ1) is 41.0. The molecular weight excluding hydrogens is 735 g/mol. The van der Waals surface area contributed by atoms with Crippen LogP contribution >= 0.6 is 11.8 Å². The van der Waals surface area contributed by atoms with Gasteiger partial charge in [0, 0.05) is 31.9 Å². The van der Waals surface area contributed by atoms with E-state index in [1.54, 1.807) is 6.26 Å². The molecule has 0 aliphatic heterocycles. The number of nitrogens with one attached hydrogen (secondary N) is 1. The highest BCUT2D eigenvalue weighted by atomic mass is 32.2. The molecule has 0 bridgehead atoms. The fourth-order valence-corrected chi connectivity index (χ4v) is 4.78. The minimum Gasteiger partial charge on any atom is -0.337 e. The van der Waals surface area contributed by atoms with Crippen LogP contribution in [0.1, 0.15) is 43.7 Å². The van der Waals surface area contributed by atoms with Gasteiger partial charge in [0.25, 0.3) is 5.91 Å². The zero-order valence-corrected chi connectivity index (χ0v) is 27.2. The van der Waals surface area contributed by atoms with Crippen molar-refractivity contribution in [2.45, 2.75) is 43.0 Å². The maximum Gasteiger partial charge on any atom is 0.416 e. The normalized spacial score (nSPS) is 12.3. The number of benzene rings is 3. The molecule has 4 aromatic rings. The molecule has 0 aliphatic rings. The average Bonchev–Trinajstić information content (AvgIpc) is 3.03. The number of rotatable bonds is 7. The van der Waals surface area contributed by atoms with Crippen LogP contribution in [0.4, 0.5) is 57.1 Å². The molecule has 5 nitrogen and oxygen atoms in total. The van der Waals surface area contributed by atoms with Gasteiger partial charge in [0.2, 0.25) is 0 Å². The van der Waals surface area contributed by atoms with Crippen LogP contribution in [0, 0.1) is 5.82 Å². The first-order valence-corrected chi connectivity index (χ1v) is 15.3. The highest BCUT2D eigenvalue weighted by molar-refractivity contribution is 7.98. The van der Waals surface area contributed by atoms with Gasteiger partial charge in [-0.25, -0.2) is 14.4 Å². The number of hydrogen-bond donors (Lipinski definition) is 1. The van der Waals surface area contributed by atoms with E-state index in [1.807, 2.05) is 0 Å². The van der Waals surface area contributed by atoms with Crippen molar-refractivity contribution in [3.8, 4) is 11.3 Å². The topological polar surface area (TPSA) is 58.1 Å². The van der Waals surface area contributed by atoms with Gasteiger partial charge in [-0.3, -0.25) is 4.79 Å². The number of thioether (sulfide) groups is 1. The Morgan fingerprint density at radius 3 is 1.55 bits per heavy atom. The van der Waals surface area contributed by atoms with E-state index < -0.39 is 65.2 Å². The summed E-state index contributed by atoms with van der Waals surface area (Å²) < 4.78 is 167. The van der Waals surface area contributed by atoms with Crippen molar-refractivity contribution in [2.75, 3.05) is 20.4 Å². The van der Waals surface area contributed by atoms with Crippen LogP contribution in [-0.2, 0) is 37.8 Å². The van der Waals surface area contributed by atoms with E-state index in [4.69, 9.17) is 0 Å². The Bertz CT molecular complexity index is 1760. The largest absolute Gasteiger partial charge is 0.416 e. The van der Waals surface area contributed by atoms with Gasteiger partial charge < -0.3 is 10.2 Å². The number of carbonyl (C=O) groups excluding carboxylic acids is 1. The summed E-state index contributed by atoms with van der Waals surface area (Å²) in [5, 5.41) is 2.82. The quantitative estimate of drug-likeness (QED) is 0.116. The highest BCUT2D eigenvalue weighted by Crippen LogP contribution is 2.38. The number of aromatic nitrogens is 2. The third-order valence-electron chi connectivity index (χ3n) is 6.74. The van der Waals surface area contributed by atoms with Gasteiger partial charge in [0.1, 0.15) is 5.82 Å². The number of hydrogen-bond acceptors (Lipinski definition) is 5. The Kier molecular flexibility index (Phi) is 12.8. The Labute approximate surface area is 285 Å². The average molecular weight is 761 g/mol. The lowest BCUT2D eigenvalue weighted by molar-refractivity contribution is -0.144. The van der Waals surface area contributed by atoms with Crippen molar-refractivity contribution in [1.82, 2.24) is 20.2 Å². The predicted octanol–water partition coefficient (Wildman–Crippen LogP) is 9.76. The van der Waals surface area contributed by atoms with Gasteiger partial charge in [0.05, 0.1) is 33.5 Å². The molecule has 4 rings (SSSR count). The zero-order valence-electron chi connectivity index (χ0n) is 26.3. The summed E-state index contributed by atoms with van der Waals surface area (Å²) in [7, 11) is 2.67. The molecule has 1 amide bonds. The van der Waals surface area contributed by atoms with Gasteiger partial charge >= 0.3 is 24.7 Å². The van der Waals surface area contributed by atoms with E-state index in [9.17, 15) is 61.9 Å². The fraction of sp³-hybridized carbons (Fsp3) is 0.281. The second-order valence-electron chi connectivity index (χ2n) is 10.6. The van der Waals surface area contributed by atoms with Crippen molar-refractivity contribution in [1.29, 1.82) is 0 Å². The summed E-state index contributed by atoms with van der Waals surface area (Å²) in [4.78, 5) is 22.4. The molecule has 0 spiro atoms. The molecule has 0 saturated heterocycles. The number of halogens is 13. The van der Waals surface area contributed by atoms with Crippen LogP contribution in [0.5, 0.6) is 0 Å². The SMILES string of the molecule is CNCc1cc(C(F)(F)F)cc(C(F)(F)F)c1.CSc1ncc(C(=O)N(C)Cc2cc(C(F)(F)F)cc(C(F)(F)F)c2)c(-c2ccc(F)cc2)n1. The summed E-state index contributed by atoms with van der Waals surface area (Å²) in [6.07, 6.45) is -16.7. The van der Waals surface area contributed by atoms with E-state index in [0.717, 1.165) is 17.0 Å². The fourth-order valence-electron chi connectivity index (χ4n) is 4.44. The molecule has 0 saturated carbocycles. The van der Waals surface area contributed by atoms with Gasteiger partial charge in [-0.15, -0.1) is 0 Å². The number of nitrogens with zero attached hydrogens (tertiary/aromatic N) is 3. The van der Waals surface area contributed by atoms with Crippen LogP contribution in [0.3, 0.4) is 0 Å². The van der Waals surface area contributed by atoms with E-state index in [-0.39, 0.29) is 41.1 Å². The van der Waals surface area contributed by atoms with Crippen LogP contribution in [-0.4, -0.2) is 41.1 Å². The summed E-state index contributed by atoms with van der Waals surface area (Å²) in [5.41, 5.74) is -5.47. The van der Waals surface area contributed by atoms with Crippen molar-refractivity contribution < 1.29 is 61.9 Å². The molecule has 0 fully saturated rings. The van der Waals surface area contributed by atoms with Crippen molar-refractivity contribution in [2.24, 2.45) is 0 Å². The molecule has 276 valence electrons. The molecule has 1 N–H and O–H groups in total. The van der Waals surface area contributed by atoms with E-state index in [1.165, 1.54) is 44.2 Å². The smallest absolute Gasteiger partial charge is 0.337 e. The van der Waals surface area contributed by atoms with Crippen LogP contribution in [0.2, 0.25) is 0 Å². The van der Waals surface area contributed by atoms with Gasteiger partial charge in [-0.1, -0.05) is 11.8 Å². The monoisotopic (exact) mass is 760 g/mol. The molecule has 51 heavy (non-hydrogen) atoms. The molecular formula is C32H25F13N4OS. The van der Waals surface area contributed by atoms with E-state index in [0.29, 0.717) is 35.0 Å². The number of alkyl halides is 12. The molecule has 1 aromatic heterocycles. The Balaban J connectivity index is 0.000000347. The maximum atomic E-state index is 13.3. The van der Waals surface area contributed by atoms with E-state index >= 15 is 0 Å². The minimum atomic E-state index is -5.00. The van der Waals surface area contributed by atoms with Crippen molar-refractivity contribution in [3.05, 3.63) is 112 Å². The lowest BCUT2D eigenvalue weighted by Crippen LogP contribution is -2.27. The van der Waals surface area contributed by atoms with Gasteiger partial charge in [-0.05, 0) is 85.1 Å². The first-order chi connectivity index (χ1) is 23.4. The van der Waals surface area contributed by atoms with Crippen molar-refractivity contribution >= 4 is 17.7 Å². The number of carbonyl (C=O) groups is 1. The molecule has 0 aliphatic carbocycles. The molecule has 1 heterocycles. The van der Waals surface area contributed by atoms with Crippen molar-refractivity contribution in [3.63, 3.8) is 0 Å². The minimum absolute atomic E-state index is 0.0208. The predicted molar refractivity (Wildman–Crippen MR) is 161 cm³/mol. The Morgan fingerprint density at radius 1 is 0.725 bits per heavy atom. The summed E-state index contributed by atoms with van der Waals surface area (Å²) in [6, 6.07) is 7.76. The second kappa shape index (κ2) is 15.9. The van der Waals surface area contributed by atoms with E-state index in [2.05, 4.69) is 15.3 Å². The standard InChI is InChI=1S/C22H16F7N3OS.C10H9F6N/c1-32(11-12-7-14(21(24,25)26)9-15(8-12)22(27,28)29)19(33)17-10-30-20(34-2)31-18(17)13-3-5-16(23)6-4-13;1-17-5-6-2-7(9(11,12)13)4-8(3-6)10(14,15)16/h3-10H,11H2,1-2H3;2-4,17H,5H2,1H3. The third-order valence-corrected chi connectivity index (χ3v) is 7.30. The molecule has 3 aromatic carbocycles. The van der Waals surface area contributed by atoms with Crippen LogP contribution in [0.15, 0.2) is 72.0 Å². The summed E-state index contributed by atoms with van der Waals surface area (Å²) >= 11 is 1.19. The lowest BCUT2D eigenvalue weighted by Gasteiger charge is -2.21. The third kappa shape index (κ3) is 11.3. The zero-order chi connectivity index (χ0) is 38.5. The highest BCUT2D eigenvalue weighted by Gasteiger charge is 2.38. The molecule has 0 atom stereocenters. The van der Waals surface area contributed by atoms with Gasteiger partial charge in [0.15, 0.2) is 5.16 Å². The Hall–Kier alpha value is -4.39. The maximum absolute atomic E-state index is 13.3. The second-order valence-corrected chi connectivity index (χ2v) is 11.4. The summed E-state index contributed by atoms with van der Waals surface area (Å²) in [6.45, 7) is -0.605. The lowest BCUT2D eigenvalue weighted by atomic mass is 10.0. The van der Waals surface area contributed by atoms with Crippen LogP contribution in [0.25, 0.3) is 11.3 Å². The van der Waals surface area contributed by atoms with Gasteiger partial charge in [-0.2, -0.15) is 52.7 Å². The molecule has 0 radical (unpaired) electrons.